The van der Waals surface area contributed by atoms with E-state index in [1.165, 1.54) is 12.0 Å². The molecule has 3 heteroatoms. The summed E-state index contributed by atoms with van der Waals surface area (Å²) in [6, 6.07) is 11.2. The number of rotatable bonds is 3. The highest BCUT2D eigenvalue weighted by Gasteiger charge is 2.42. The van der Waals surface area contributed by atoms with Gasteiger partial charge >= 0.3 is 6.09 Å². The first kappa shape index (κ1) is 12.5. The molecule has 2 fully saturated rings. The summed E-state index contributed by atoms with van der Waals surface area (Å²) in [5.41, 5.74) is 1.40. The Bertz CT molecular complexity index is 431. The number of aryl methyl sites for hydroxylation is 1. The standard InChI is InChI=1S/C16H21NO2/c18-16(19)17-14-8-9-15(17)11-13(10-14)7-6-12-4-2-1-3-5-12/h1-5,13-15H,6-11H2,(H,18,19). The molecule has 3 nitrogen and oxygen atoms in total. The number of fused-ring (bicyclic) bond motifs is 2. The van der Waals surface area contributed by atoms with Crippen LogP contribution in [0.1, 0.15) is 37.7 Å². The number of hydrogen-bond acceptors (Lipinski definition) is 1. The van der Waals surface area contributed by atoms with Gasteiger partial charge in [0.2, 0.25) is 0 Å². The molecular formula is C16H21NO2. The molecule has 0 radical (unpaired) electrons. The molecule has 0 saturated carbocycles. The van der Waals surface area contributed by atoms with E-state index in [4.69, 9.17) is 0 Å². The fraction of sp³-hybridized carbons (Fsp3) is 0.562. The Morgan fingerprint density at radius 3 is 2.37 bits per heavy atom. The Labute approximate surface area is 114 Å². The molecule has 19 heavy (non-hydrogen) atoms. The van der Waals surface area contributed by atoms with Gasteiger partial charge in [0.05, 0.1) is 0 Å². The zero-order chi connectivity index (χ0) is 13.2. The van der Waals surface area contributed by atoms with Gasteiger partial charge in [0, 0.05) is 12.1 Å². The zero-order valence-electron chi connectivity index (χ0n) is 11.2. The van der Waals surface area contributed by atoms with Crippen molar-refractivity contribution in [3.05, 3.63) is 35.9 Å². The number of carboxylic acid groups (broad SMARTS) is 1. The van der Waals surface area contributed by atoms with Crippen LogP contribution in [0, 0.1) is 5.92 Å². The second-order valence-corrected chi connectivity index (χ2v) is 5.94. The van der Waals surface area contributed by atoms with Gasteiger partial charge in [-0.1, -0.05) is 30.3 Å². The van der Waals surface area contributed by atoms with Crippen LogP contribution in [-0.2, 0) is 6.42 Å². The third-order valence-electron chi connectivity index (χ3n) is 4.74. The van der Waals surface area contributed by atoms with Crippen LogP contribution >= 0.6 is 0 Å². The van der Waals surface area contributed by atoms with E-state index in [2.05, 4.69) is 30.3 Å². The predicted octanol–water partition coefficient (Wildman–Crippen LogP) is 3.54. The number of amides is 1. The van der Waals surface area contributed by atoms with Crippen LogP contribution in [0.5, 0.6) is 0 Å². The van der Waals surface area contributed by atoms with Crippen LogP contribution < -0.4 is 0 Å². The number of hydrogen-bond donors (Lipinski definition) is 1. The third kappa shape index (κ3) is 2.60. The molecule has 2 unspecified atom stereocenters. The van der Waals surface area contributed by atoms with Gasteiger partial charge < -0.3 is 10.0 Å². The van der Waals surface area contributed by atoms with Crippen molar-refractivity contribution in [3.8, 4) is 0 Å². The molecule has 2 bridgehead atoms. The summed E-state index contributed by atoms with van der Waals surface area (Å²) in [6.45, 7) is 0. The van der Waals surface area contributed by atoms with Crippen molar-refractivity contribution < 1.29 is 9.90 Å². The molecule has 0 aromatic heterocycles. The van der Waals surface area contributed by atoms with Gasteiger partial charge in [0.15, 0.2) is 0 Å². The smallest absolute Gasteiger partial charge is 0.407 e. The highest BCUT2D eigenvalue weighted by Crippen LogP contribution is 2.40. The van der Waals surface area contributed by atoms with E-state index in [-0.39, 0.29) is 12.1 Å². The maximum atomic E-state index is 11.2. The van der Waals surface area contributed by atoms with E-state index in [9.17, 15) is 9.90 Å². The number of benzene rings is 1. The largest absolute Gasteiger partial charge is 0.465 e. The molecule has 2 aliphatic rings. The number of carbonyl (C=O) groups is 1. The van der Waals surface area contributed by atoms with E-state index < -0.39 is 6.09 Å². The van der Waals surface area contributed by atoms with E-state index in [1.54, 1.807) is 4.90 Å². The lowest BCUT2D eigenvalue weighted by Crippen LogP contribution is -2.45. The highest BCUT2D eigenvalue weighted by atomic mass is 16.4. The van der Waals surface area contributed by atoms with Crippen molar-refractivity contribution in [1.82, 2.24) is 4.90 Å². The lowest BCUT2D eigenvalue weighted by atomic mass is 9.86. The first-order valence-electron chi connectivity index (χ1n) is 7.29. The Balaban J connectivity index is 1.57. The maximum Gasteiger partial charge on any atom is 0.407 e. The summed E-state index contributed by atoms with van der Waals surface area (Å²) in [5.74, 6) is 0.702. The van der Waals surface area contributed by atoms with Crippen LogP contribution in [0.25, 0.3) is 0 Å². The highest BCUT2D eigenvalue weighted by molar-refractivity contribution is 5.66. The van der Waals surface area contributed by atoms with Crippen molar-refractivity contribution in [1.29, 1.82) is 0 Å². The molecule has 2 heterocycles. The summed E-state index contributed by atoms with van der Waals surface area (Å²) in [5, 5.41) is 9.24. The molecule has 1 amide bonds. The van der Waals surface area contributed by atoms with Crippen molar-refractivity contribution in [3.63, 3.8) is 0 Å². The molecule has 1 N–H and O–H groups in total. The minimum Gasteiger partial charge on any atom is -0.465 e. The summed E-state index contributed by atoms with van der Waals surface area (Å²) >= 11 is 0. The molecular weight excluding hydrogens is 238 g/mol. The zero-order valence-corrected chi connectivity index (χ0v) is 11.2. The van der Waals surface area contributed by atoms with Gasteiger partial charge in [-0.25, -0.2) is 4.79 Å². The predicted molar refractivity (Wildman–Crippen MR) is 74.2 cm³/mol. The van der Waals surface area contributed by atoms with Gasteiger partial charge in [0.25, 0.3) is 0 Å². The van der Waals surface area contributed by atoms with Crippen LogP contribution in [0.15, 0.2) is 30.3 Å². The van der Waals surface area contributed by atoms with Gasteiger partial charge in [0.1, 0.15) is 0 Å². The monoisotopic (exact) mass is 259 g/mol. The normalized spacial score (nSPS) is 29.5. The molecule has 0 spiro atoms. The average Bonchev–Trinajstić information content (AvgIpc) is 2.70. The SMILES string of the molecule is O=C(O)N1C2CCC1CC(CCc1ccccc1)C2. The van der Waals surface area contributed by atoms with Gasteiger partial charge in [-0.3, -0.25) is 0 Å². The Kier molecular flexibility index (Phi) is 3.45. The first-order chi connectivity index (χ1) is 9.24. The van der Waals surface area contributed by atoms with Crippen LogP contribution in [0.4, 0.5) is 4.79 Å². The molecule has 2 atom stereocenters. The van der Waals surface area contributed by atoms with E-state index >= 15 is 0 Å². The Hall–Kier alpha value is -1.51. The topological polar surface area (TPSA) is 40.5 Å². The molecule has 1 aromatic carbocycles. The average molecular weight is 259 g/mol. The fourth-order valence-corrected chi connectivity index (χ4v) is 3.85. The summed E-state index contributed by atoms with van der Waals surface area (Å²) in [7, 11) is 0. The Morgan fingerprint density at radius 1 is 1.16 bits per heavy atom. The maximum absolute atomic E-state index is 11.2. The van der Waals surface area contributed by atoms with Crippen molar-refractivity contribution >= 4 is 6.09 Å². The Morgan fingerprint density at radius 2 is 1.79 bits per heavy atom. The summed E-state index contributed by atoms with van der Waals surface area (Å²) in [6.07, 6.45) is 5.87. The van der Waals surface area contributed by atoms with E-state index in [0.717, 1.165) is 32.1 Å². The van der Waals surface area contributed by atoms with Crippen molar-refractivity contribution in [2.75, 3.05) is 0 Å². The van der Waals surface area contributed by atoms with Gasteiger partial charge in [-0.2, -0.15) is 0 Å². The quantitative estimate of drug-likeness (QED) is 0.902. The van der Waals surface area contributed by atoms with Crippen LogP contribution in [0.2, 0.25) is 0 Å². The third-order valence-corrected chi connectivity index (χ3v) is 4.74. The van der Waals surface area contributed by atoms with E-state index in [0.29, 0.717) is 5.92 Å². The molecule has 1 aromatic rings. The lowest BCUT2D eigenvalue weighted by Gasteiger charge is -2.37. The number of nitrogens with zero attached hydrogens (tertiary/aromatic N) is 1. The molecule has 2 aliphatic heterocycles. The van der Waals surface area contributed by atoms with Gasteiger partial charge in [-0.15, -0.1) is 0 Å². The first-order valence-corrected chi connectivity index (χ1v) is 7.29. The minimum atomic E-state index is -0.714. The summed E-state index contributed by atoms with van der Waals surface area (Å²) < 4.78 is 0. The molecule has 102 valence electrons. The lowest BCUT2D eigenvalue weighted by molar-refractivity contribution is 0.0832. The van der Waals surface area contributed by atoms with Crippen molar-refractivity contribution in [2.45, 2.75) is 50.6 Å². The second-order valence-electron chi connectivity index (χ2n) is 5.94. The summed E-state index contributed by atoms with van der Waals surface area (Å²) in [4.78, 5) is 12.9. The second kappa shape index (κ2) is 5.24. The minimum absolute atomic E-state index is 0.289. The van der Waals surface area contributed by atoms with Crippen LogP contribution in [0.3, 0.4) is 0 Å². The number of piperidine rings is 1. The molecule has 2 saturated heterocycles. The van der Waals surface area contributed by atoms with Crippen molar-refractivity contribution in [2.24, 2.45) is 5.92 Å². The molecule has 3 rings (SSSR count). The van der Waals surface area contributed by atoms with E-state index in [1.807, 2.05) is 0 Å². The fourth-order valence-electron chi connectivity index (χ4n) is 3.85. The van der Waals surface area contributed by atoms with Gasteiger partial charge in [-0.05, 0) is 50.0 Å². The molecule has 0 aliphatic carbocycles. The van der Waals surface area contributed by atoms with Crippen LogP contribution in [-0.4, -0.2) is 28.2 Å².